The summed E-state index contributed by atoms with van der Waals surface area (Å²) in [6.07, 6.45) is 5.54. The Morgan fingerprint density at radius 3 is 3.06 bits per heavy atom. The van der Waals surface area contributed by atoms with Crippen molar-refractivity contribution in [3.63, 3.8) is 0 Å². The molecule has 0 aliphatic carbocycles. The van der Waals surface area contributed by atoms with Crippen LogP contribution in [-0.4, -0.2) is 25.2 Å². The van der Waals surface area contributed by atoms with Gasteiger partial charge in [-0.05, 0) is 30.9 Å². The first kappa shape index (κ1) is 13.6. The summed E-state index contributed by atoms with van der Waals surface area (Å²) in [7, 11) is 1.67. The summed E-state index contributed by atoms with van der Waals surface area (Å²) >= 11 is 1.88. The molecule has 0 aromatic heterocycles. The Labute approximate surface area is 113 Å². The third kappa shape index (κ3) is 3.12. The molecule has 1 aliphatic rings. The molecule has 0 amide bonds. The average molecular weight is 267 g/mol. The zero-order valence-corrected chi connectivity index (χ0v) is 11.8. The number of thioether (sulfide) groups is 1. The van der Waals surface area contributed by atoms with E-state index in [1.807, 2.05) is 30.0 Å². The molecule has 18 heavy (non-hydrogen) atoms. The number of hydrogen-bond acceptors (Lipinski definition) is 4. The van der Waals surface area contributed by atoms with E-state index >= 15 is 0 Å². The highest BCUT2D eigenvalue weighted by Crippen LogP contribution is 2.37. The van der Waals surface area contributed by atoms with E-state index in [0.717, 1.165) is 29.9 Å². The summed E-state index contributed by atoms with van der Waals surface area (Å²) in [5.41, 5.74) is 7.30. The maximum atomic E-state index is 6.21. The normalized spacial score (nSPS) is 22.2. The minimum Gasteiger partial charge on any atom is -0.497 e. The Bertz CT molecular complexity index is 397. The van der Waals surface area contributed by atoms with Crippen LogP contribution in [0.3, 0.4) is 0 Å². The maximum Gasteiger partial charge on any atom is 0.128 e. The second-order valence-corrected chi connectivity index (χ2v) is 5.61. The van der Waals surface area contributed by atoms with Crippen molar-refractivity contribution in [3.8, 4) is 11.5 Å². The Balaban J connectivity index is 2.06. The largest absolute Gasteiger partial charge is 0.497 e. The topological polar surface area (TPSA) is 44.5 Å². The molecule has 100 valence electrons. The molecule has 0 saturated carbocycles. The lowest BCUT2D eigenvalue weighted by molar-refractivity contribution is 0.149. The minimum absolute atomic E-state index is 0.0823. The van der Waals surface area contributed by atoms with Gasteiger partial charge in [-0.15, -0.1) is 0 Å². The number of hydrogen-bond donors (Lipinski definition) is 1. The minimum atomic E-state index is 0.0823. The molecule has 1 aromatic carbocycles. The van der Waals surface area contributed by atoms with Crippen molar-refractivity contribution in [2.24, 2.45) is 5.73 Å². The van der Waals surface area contributed by atoms with E-state index in [9.17, 15) is 0 Å². The van der Waals surface area contributed by atoms with Crippen molar-refractivity contribution in [2.75, 3.05) is 19.1 Å². The van der Waals surface area contributed by atoms with Crippen LogP contribution in [0.2, 0.25) is 0 Å². The fourth-order valence-electron chi connectivity index (χ4n) is 2.32. The van der Waals surface area contributed by atoms with Gasteiger partial charge in [-0.1, -0.05) is 6.07 Å². The molecule has 1 heterocycles. The predicted molar refractivity (Wildman–Crippen MR) is 76.6 cm³/mol. The van der Waals surface area contributed by atoms with Crippen LogP contribution in [0.1, 0.15) is 30.9 Å². The summed E-state index contributed by atoms with van der Waals surface area (Å²) in [6, 6.07) is 5.97. The summed E-state index contributed by atoms with van der Waals surface area (Å²) < 4.78 is 11.2. The maximum absolute atomic E-state index is 6.21. The van der Waals surface area contributed by atoms with Crippen molar-refractivity contribution < 1.29 is 9.47 Å². The second kappa shape index (κ2) is 6.34. The van der Waals surface area contributed by atoms with Crippen LogP contribution in [0.5, 0.6) is 11.5 Å². The highest BCUT2D eigenvalue weighted by molar-refractivity contribution is 7.98. The van der Waals surface area contributed by atoms with Gasteiger partial charge in [0.05, 0.1) is 7.11 Å². The van der Waals surface area contributed by atoms with Gasteiger partial charge in [0.2, 0.25) is 0 Å². The van der Waals surface area contributed by atoms with E-state index in [1.54, 1.807) is 7.11 Å². The third-order valence-electron chi connectivity index (χ3n) is 3.31. The van der Waals surface area contributed by atoms with Crippen molar-refractivity contribution in [2.45, 2.75) is 31.4 Å². The van der Waals surface area contributed by atoms with E-state index in [-0.39, 0.29) is 12.1 Å². The summed E-state index contributed by atoms with van der Waals surface area (Å²) in [5.74, 6) is 2.90. The Kier molecular flexibility index (Phi) is 4.78. The Morgan fingerprint density at radius 1 is 1.50 bits per heavy atom. The molecule has 1 aromatic rings. The van der Waals surface area contributed by atoms with E-state index in [0.29, 0.717) is 0 Å². The van der Waals surface area contributed by atoms with Crippen molar-refractivity contribution >= 4 is 11.8 Å². The first-order chi connectivity index (χ1) is 8.74. The lowest BCUT2D eigenvalue weighted by Gasteiger charge is -2.30. The molecule has 0 radical (unpaired) electrons. The molecule has 2 rings (SSSR count). The van der Waals surface area contributed by atoms with Crippen LogP contribution in [-0.2, 0) is 0 Å². The summed E-state index contributed by atoms with van der Waals surface area (Å²) in [5, 5.41) is 0. The predicted octanol–water partition coefficient (Wildman–Crippen LogP) is 2.99. The average Bonchev–Trinajstić information content (AvgIpc) is 2.38. The van der Waals surface area contributed by atoms with Gasteiger partial charge in [0.25, 0.3) is 0 Å². The highest BCUT2D eigenvalue weighted by Gasteiger charge is 2.25. The monoisotopic (exact) mass is 267 g/mol. The molecule has 2 atom stereocenters. The number of benzene rings is 1. The number of rotatable bonds is 5. The smallest absolute Gasteiger partial charge is 0.128 e. The van der Waals surface area contributed by atoms with Crippen LogP contribution in [0, 0.1) is 0 Å². The molecule has 3 nitrogen and oxygen atoms in total. The van der Waals surface area contributed by atoms with Crippen LogP contribution in [0.15, 0.2) is 18.2 Å². The molecular formula is C14H21NO2S. The first-order valence-electron chi connectivity index (χ1n) is 6.33. The van der Waals surface area contributed by atoms with Gasteiger partial charge in [-0.2, -0.15) is 11.8 Å². The quantitative estimate of drug-likeness (QED) is 0.833. The summed E-state index contributed by atoms with van der Waals surface area (Å²) in [4.78, 5) is 0. The standard InChI is InChI=1S/C14H21NO2S/c1-16-10-5-6-12-13(15)8-11(4-3-7-18-2)17-14(12)9-10/h5-6,9,11,13H,3-4,7-8,15H2,1-2H3. The molecule has 4 heteroatoms. The van der Waals surface area contributed by atoms with Gasteiger partial charge < -0.3 is 15.2 Å². The van der Waals surface area contributed by atoms with Crippen LogP contribution < -0.4 is 15.2 Å². The van der Waals surface area contributed by atoms with Gasteiger partial charge in [0.1, 0.15) is 17.6 Å². The molecule has 1 aliphatic heterocycles. The lowest BCUT2D eigenvalue weighted by atomic mass is 9.95. The van der Waals surface area contributed by atoms with Crippen LogP contribution >= 0.6 is 11.8 Å². The first-order valence-corrected chi connectivity index (χ1v) is 7.73. The van der Waals surface area contributed by atoms with Crippen LogP contribution in [0.25, 0.3) is 0 Å². The van der Waals surface area contributed by atoms with Gasteiger partial charge in [0.15, 0.2) is 0 Å². The van der Waals surface area contributed by atoms with Gasteiger partial charge in [-0.25, -0.2) is 0 Å². The van der Waals surface area contributed by atoms with Gasteiger partial charge in [0, 0.05) is 24.1 Å². The van der Waals surface area contributed by atoms with Crippen molar-refractivity contribution in [1.82, 2.24) is 0 Å². The molecule has 0 bridgehead atoms. The fourth-order valence-corrected chi connectivity index (χ4v) is 2.78. The highest BCUT2D eigenvalue weighted by atomic mass is 32.2. The zero-order chi connectivity index (χ0) is 13.0. The van der Waals surface area contributed by atoms with E-state index in [4.69, 9.17) is 15.2 Å². The number of nitrogens with two attached hydrogens (primary N) is 1. The molecule has 2 N–H and O–H groups in total. The van der Waals surface area contributed by atoms with E-state index in [1.165, 1.54) is 12.2 Å². The molecule has 0 fully saturated rings. The molecule has 0 spiro atoms. The van der Waals surface area contributed by atoms with Crippen molar-refractivity contribution in [1.29, 1.82) is 0 Å². The summed E-state index contributed by atoms with van der Waals surface area (Å²) in [6.45, 7) is 0. The number of fused-ring (bicyclic) bond motifs is 1. The van der Waals surface area contributed by atoms with Gasteiger partial charge in [-0.3, -0.25) is 0 Å². The molecular weight excluding hydrogens is 246 g/mol. The zero-order valence-electron chi connectivity index (χ0n) is 11.0. The van der Waals surface area contributed by atoms with E-state index < -0.39 is 0 Å². The second-order valence-electron chi connectivity index (χ2n) is 4.62. The van der Waals surface area contributed by atoms with Crippen molar-refractivity contribution in [3.05, 3.63) is 23.8 Å². The Hall–Kier alpha value is -0.870. The van der Waals surface area contributed by atoms with Crippen LogP contribution in [0.4, 0.5) is 0 Å². The molecule has 0 saturated heterocycles. The molecule has 2 unspecified atom stereocenters. The lowest BCUT2D eigenvalue weighted by Crippen LogP contribution is -2.29. The number of ether oxygens (including phenoxy) is 2. The van der Waals surface area contributed by atoms with Gasteiger partial charge >= 0.3 is 0 Å². The Morgan fingerprint density at radius 2 is 2.33 bits per heavy atom. The number of methoxy groups -OCH3 is 1. The fraction of sp³-hybridized carbons (Fsp3) is 0.571. The third-order valence-corrected chi connectivity index (χ3v) is 4.00. The SMILES string of the molecule is COc1ccc2c(c1)OC(CCCSC)CC2N. The van der Waals surface area contributed by atoms with E-state index in [2.05, 4.69) is 6.26 Å².